The zero-order valence-corrected chi connectivity index (χ0v) is 30.2. The Bertz CT molecular complexity index is 4350. The lowest BCUT2D eigenvalue weighted by Gasteiger charge is -2.12. The summed E-state index contributed by atoms with van der Waals surface area (Å²) >= 11 is 0.893. The van der Waals surface area contributed by atoms with Crippen molar-refractivity contribution in [1.82, 2.24) is 19.5 Å². The van der Waals surface area contributed by atoms with Gasteiger partial charge >= 0.3 is 0 Å². The highest BCUT2D eigenvalue weighted by molar-refractivity contribution is 7.26. The molecule has 0 spiro atoms. The highest BCUT2D eigenvalue weighted by atomic mass is 32.1. The van der Waals surface area contributed by atoms with E-state index >= 15 is 0 Å². The Hall–Kier alpha value is -7.41. The van der Waals surface area contributed by atoms with Crippen LogP contribution in [0.15, 0.2) is 186 Å². The number of aromatic nitrogens is 4. The Labute approximate surface area is 350 Å². The minimum Gasteiger partial charge on any atom is -0.456 e. The molecular weight excluding hydrogens is 717 g/mol. The predicted molar refractivity (Wildman–Crippen MR) is 236 cm³/mol. The fourth-order valence-electron chi connectivity index (χ4n) is 7.50. The molecule has 266 valence electrons. The molecule has 0 aliphatic carbocycles. The van der Waals surface area contributed by atoms with E-state index in [2.05, 4.69) is 0 Å². The molecule has 0 saturated carbocycles. The van der Waals surface area contributed by atoms with Crippen LogP contribution in [0.1, 0.15) is 19.2 Å². The molecule has 4 heterocycles. The van der Waals surface area contributed by atoms with Crippen LogP contribution in [-0.4, -0.2) is 19.5 Å². The van der Waals surface area contributed by atoms with Gasteiger partial charge in [-0.1, -0.05) is 145 Å². The van der Waals surface area contributed by atoms with Crippen LogP contribution in [0.2, 0.25) is 0 Å². The van der Waals surface area contributed by atoms with Crippen molar-refractivity contribution in [2.24, 2.45) is 0 Å². The summed E-state index contributed by atoms with van der Waals surface area (Å²) in [6.07, 6.45) is 0. The largest absolute Gasteiger partial charge is 0.456 e. The van der Waals surface area contributed by atoms with Crippen molar-refractivity contribution in [1.29, 1.82) is 0 Å². The molecular formula is C51H30N4OS. The van der Waals surface area contributed by atoms with E-state index in [4.69, 9.17) is 30.3 Å². The minimum atomic E-state index is -0.643. The quantitative estimate of drug-likeness (QED) is 0.175. The van der Waals surface area contributed by atoms with Gasteiger partial charge < -0.3 is 4.42 Å². The number of furan rings is 1. The van der Waals surface area contributed by atoms with Gasteiger partial charge in [0.2, 0.25) is 5.95 Å². The molecule has 12 aromatic rings. The smallest absolute Gasteiger partial charge is 0.238 e. The Balaban J connectivity index is 1.25. The van der Waals surface area contributed by atoms with E-state index < -0.39 is 66.5 Å². The molecule has 4 aromatic heterocycles. The Morgan fingerprint density at radius 1 is 0.509 bits per heavy atom. The van der Waals surface area contributed by atoms with Crippen molar-refractivity contribution < 1.29 is 23.6 Å². The number of hydrogen-bond acceptors (Lipinski definition) is 5. The van der Waals surface area contributed by atoms with Gasteiger partial charge in [0.15, 0.2) is 11.6 Å². The average molecular weight is 761 g/mol. The minimum absolute atomic E-state index is 0.00445. The van der Waals surface area contributed by atoms with Gasteiger partial charge in [0.25, 0.3) is 0 Å². The van der Waals surface area contributed by atoms with Gasteiger partial charge in [-0.2, -0.15) is 9.97 Å². The third kappa shape index (κ3) is 5.04. The number of benzene rings is 8. The van der Waals surface area contributed by atoms with Crippen LogP contribution in [0.25, 0.3) is 115 Å². The maximum absolute atomic E-state index is 9.60. The summed E-state index contributed by atoms with van der Waals surface area (Å²) in [4.78, 5) is 14.7. The fraction of sp³-hybridized carbons (Fsp3) is 0. The van der Waals surface area contributed by atoms with Crippen molar-refractivity contribution in [2.45, 2.75) is 0 Å². The van der Waals surface area contributed by atoms with Gasteiger partial charge in [-0.15, -0.1) is 11.3 Å². The summed E-state index contributed by atoms with van der Waals surface area (Å²) in [6, 6.07) is 22.4. The van der Waals surface area contributed by atoms with Crippen LogP contribution in [0.5, 0.6) is 0 Å². The lowest BCUT2D eigenvalue weighted by atomic mass is 9.99. The van der Waals surface area contributed by atoms with Crippen molar-refractivity contribution in [3.8, 4) is 51.0 Å². The SMILES string of the molecule is [2H]c1c([2H])c(-c2ccccc2)c([2H])c(-c2nc(-c3ccc4c(c3)oc3cccc(-c5ccccc5)c34)nc(-n3c4c([2H])c([2H])c([2H])c([2H])c4c4c([2H])c([2H])c5c(sc6c([2H])c([2H])c([2H])c([2H])c65)c43)n2)c1[2H]. The van der Waals surface area contributed by atoms with Gasteiger partial charge in [0.05, 0.1) is 34.9 Å². The van der Waals surface area contributed by atoms with E-state index in [-0.39, 0.29) is 88.8 Å². The molecule has 0 N–H and O–H groups in total. The van der Waals surface area contributed by atoms with E-state index in [9.17, 15) is 8.22 Å². The molecule has 0 atom stereocenters. The predicted octanol–water partition coefficient (Wildman–Crippen LogP) is 13.9. The molecule has 0 bridgehead atoms. The number of hydrogen-bond donors (Lipinski definition) is 0. The van der Waals surface area contributed by atoms with E-state index in [1.165, 1.54) is 4.57 Å². The second kappa shape index (κ2) is 12.6. The molecule has 0 radical (unpaired) electrons. The highest BCUT2D eigenvalue weighted by Crippen LogP contribution is 2.43. The summed E-state index contributed by atoms with van der Waals surface area (Å²) in [5.74, 6) is -0.709. The number of para-hydroxylation sites is 1. The second-order valence-electron chi connectivity index (χ2n) is 13.3. The summed E-state index contributed by atoms with van der Waals surface area (Å²) in [5.41, 5.74) is 3.30. The molecule has 12 rings (SSSR count). The maximum atomic E-state index is 9.60. The summed E-state index contributed by atoms with van der Waals surface area (Å²) in [5, 5.41) is 1.32. The lowest BCUT2D eigenvalue weighted by Crippen LogP contribution is -2.06. The van der Waals surface area contributed by atoms with Crippen LogP contribution in [0.3, 0.4) is 0 Å². The Morgan fingerprint density at radius 2 is 1.25 bits per heavy atom. The zero-order valence-electron chi connectivity index (χ0n) is 43.3. The Morgan fingerprint density at radius 3 is 2.11 bits per heavy atom. The molecule has 0 fully saturated rings. The standard InChI is InChI=1S/C51H30N4OS/c1-3-13-31(14-4-1)33-17-11-18-34(29-33)49-52-50(35-25-26-41-44(30-35)56-43-23-12-21-36(46(41)43)32-15-5-2-6-16-32)54-51(53-49)55-42-22-9-7-19-37(42)39-27-28-40-38-20-8-10-24-45(38)57-48(40)47(39)55/h1-30H/i7D,8D,9D,10D,11D,17D,18D,19D,20D,22D,24D,27D,28D,29D. The number of nitrogens with zero attached hydrogens (tertiary/aromatic N) is 4. The molecule has 8 aromatic carbocycles. The normalized spacial score (nSPS) is 15.3. The van der Waals surface area contributed by atoms with E-state index in [0.717, 1.165) is 33.2 Å². The maximum Gasteiger partial charge on any atom is 0.238 e. The first-order chi connectivity index (χ1) is 34.1. The molecule has 0 amide bonds. The van der Waals surface area contributed by atoms with Gasteiger partial charge in [-0.25, -0.2) is 4.98 Å². The summed E-state index contributed by atoms with van der Waals surface area (Å²) in [6.45, 7) is 0. The van der Waals surface area contributed by atoms with E-state index in [0.29, 0.717) is 22.3 Å². The number of fused-ring (bicyclic) bond motifs is 10. The number of thiophene rings is 1. The van der Waals surface area contributed by atoms with Crippen LogP contribution in [0.4, 0.5) is 0 Å². The van der Waals surface area contributed by atoms with Gasteiger partial charge in [-0.05, 0) is 58.6 Å². The van der Waals surface area contributed by atoms with Gasteiger partial charge in [0, 0.05) is 48.1 Å². The molecule has 0 saturated heterocycles. The summed E-state index contributed by atoms with van der Waals surface area (Å²) < 4.78 is 135. The molecule has 6 heteroatoms. The fourth-order valence-corrected chi connectivity index (χ4v) is 8.60. The monoisotopic (exact) mass is 760 g/mol. The molecule has 0 aliphatic rings. The zero-order chi connectivity index (χ0) is 49.6. The van der Waals surface area contributed by atoms with Crippen molar-refractivity contribution >= 4 is 75.3 Å². The first-order valence-electron chi connectivity index (χ1n) is 24.9. The lowest BCUT2D eigenvalue weighted by molar-refractivity contribution is 0.669. The van der Waals surface area contributed by atoms with Crippen molar-refractivity contribution in [3.05, 3.63) is 182 Å². The molecule has 5 nitrogen and oxygen atoms in total. The molecule has 57 heavy (non-hydrogen) atoms. The van der Waals surface area contributed by atoms with E-state index in [1.807, 2.05) is 54.6 Å². The second-order valence-corrected chi connectivity index (χ2v) is 14.3. The third-order valence-corrected chi connectivity index (χ3v) is 11.2. The van der Waals surface area contributed by atoms with E-state index in [1.54, 1.807) is 42.5 Å². The van der Waals surface area contributed by atoms with Crippen LogP contribution >= 0.6 is 11.3 Å². The molecule has 0 unspecified atom stereocenters. The average Bonchev–Trinajstić information content (AvgIpc) is 4.08. The van der Waals surface area contributed by atoms with Crippen molar-refractivity contribution in [3.63, 3.8) is 0 Å². The van der Waals surface area contributed by atoms with Crippen LogP contribution in [-0.2, 0) is 0 Å². The van der Waals surface area contributed by atoms with Crippen LogP contribution < -0.4 is 0 Å². The third-order valence-electron chi connectivity index (χ3n) is 10.0. The number of rotatable bonds is 5. The van der Waals surface area contributed by atoms with Gasteiger partial charge in [0.1, 0.15) is 11.2 Å². The topological polar surface area (TPSA) is 56.7 Å². The summed E-state index contributed by atoms with van der Waals surface area (Å²) in [7, 11) is 0. The first kappa shape index (κ1) is 21.0. The first-order valence-corrected chi connectivity index (χ1v) is 18.7. The van der Waals surface area contributed by atoms with Crippen molar-refractivity contribution in [2.75, 3.05) is 0 Å². The highest BCUT2D eigenvalue weighted by Gasteiger charge is 2.22. The molecule has 0 aliphatic heterocycles. The van der Waals surface area contributed by atoms with Crippen LogP contribution in [0, 0.1) is 0 Å². The Kier molecular flexibility index (Phi) is 4.64. The van der Waals surface area contributed by atoms with Gasteiger partial charge in [-0.3, -0.25) is 4.57 Å².